The molecule has 1 aliphatic carbocycles. The van der Waals surface area contributed by atoms with Crippen LogP contribution in [-0.4, -0.2) is 30.8 Å². The summed E-state index contributed by atoms with van der Waals surface area (Å²) in [7, 11) is 0. The number of carbonyl (C=O) groups excluding carboxylic acids is 2. The van der Waals surface area contributed by atoms with Crippen molar-refractivity contribution in [2.75, 3.05) is 12.8 Å². The Morgan fingerprint density at radius 3 is 2.48 bits per heavy atom. The van der Waals surface area contributed by atoms with E-state index in [2.05, 4.69) is 16.0 Å². The number of hydrogen-bond donors (Lipinski definition) is 3. The Balaban J connectivity index is 1.58. The smallest absolute Gasteiger partial charge is 0.315 e. The summed E-state index contributed by atoms with van der Waals surface area (Å²) in [6.45, 7) is 0.838. The van der Waals surface area contributed by atoms with Crippen molar-refractivity contribution in [1.82, 2.24) is 16.0 Å². The third kappa shape index (κ3) is 6.52. The van der Waals surface area contributed by atoms with Crippen molar-refractivity contribution < 1.29 is 9.59 Å². The third-order valence-corrected chi connectivity index (χ3v) is 4.71. The van der Waals surface area contributed by atoms with Gasteiger partial charge in [0.15, 0.2) is 0 Å². The lowest BCUT2D eigenvalue weighted by atomic mass is 10.2. The minimum atomic E-state index is -0.243. The molecule has 6 heteroatoms. The van der Waals surface area contributed by atoms with Crippen molar-refractivity contribution in [3.63, 3.8) is 0 Å². The second-order valence-electron chi connectivity index (χ2n) is 5.76. The Kier molecular flexibility index (Phi) is 7.26. The predicted molar refractivity (Wildman–Crippen MR) is 93.5 cm³/mol. The van der Waals surface area contributed by atoms with Gasteiger partial charge < -0.3 is 16.0 Å². The summed E-state index contributed by atoms with van der Waals surface area (Å²) in [5.41, 5.74) is 1.05. The van der Waals surface area contributed by atoms with Gasteiger partial charge >= 0.3 is 6.03 Å². The monoisotopic (exact) mass is 335 g/mol. The van der Waals surface area contributed by atoms with Crippen molar-refractivity contribution in [1.29, 1.82) is 0 Å². The molecule has 1 aromatic rings. The standard InChI is InChI=1S/C17H25N3O2S/c1-23-15-8-6-13(7-9-15)12-19-17(22)18-11-10-16(21)20-14-4-2-3-5-14/h6-9,14H,2-5,10-12H2,1H3,(H,20,21)(H2,18,19,22). The molecule has 0 spiro atoms. The zero-order valence-corrected chi connectivity index (χ0v) is 14.4. The van der Waals surface area contributed by atoms with Gasteiger partial charge in [-0.25, -0.2) is 4.79 Å². The predicted octanol–water partition coefficient (Wildman–Crippen LogP) is 2.66. The molecule has 3 amide bonds. The SMILES string of the molecule is CSc1ccc(CNC(=O)NCCC(=O)NC2CCCC2)cc1. The van der Waals surface area contributed by atoms with Gasteiger partial charge in [0.25, 0.3) is 0 Å². The Hall–Kier alpha value is -1.69. The van der Waals surface area contributed by atoms with Gasteiger partial charge in [0.1, 0.15) is 0 Å². The topological polar surface area (TPSA) is 70.2 Å². The van der Waals surface area contributed by atoms with E-state index >= 15 is 0 Å². The van der Waals surface area contributed by atoms with E-state index in [-0.39, 0.29) is 11.9 Å². The molecular weight excluding hydrogens is 310 g/mol. The van der Waals surface area contributed by atoms with E-state index in [1.54, 1.807) is 11.8 Å². The van der Waals surface area contributed by atoms with E-state index in [0.29, 0.717) is 25.6 Å². The highest BCUT2D eigenvalue weighted by Crippen LogP contribution is 2.17. The van der Waals surface area contributed by atoms with Crippen LogP contribution in [0.5, 0.6) is 0 Å². The van der Waals surface area contributed by atoms with E-state index in [9.17, 15) is 9.59 Å². The molecule has 23 heavy (non-hydrogen) atoms. The molecule has 1 saturated carbocycles. The van der Waals surface area contributed by atoms with E-state index in [0.717, 1.165) is 18.4 Å². The Morgan fingerprint density at radius 1 is 1.13 bits per heavy atom. The number of rotatable bonds is 7. The molecule has 5 nitrogen and oxygen atoms in total. The van der Waals surface area contributed by atoms with E-state index in [1.165, 1.54) is 17.7 Å². The average molecular weight is 335 g/mol. The molecule has 1 aromatic carbocycles. The van der Waals surface area contributed by atoms with Gasteiger partial charge in [0.05, 0.1) is 0 Å². The molecule has 0 unspecified atom stereocenters. The number of carbonyl (C=O) groups is 2. The highest BCUT2D eigenvalue weighted by molar-refractivity contribution is 7.98. The van der Waals surface area contributed by atoms with E-state index < -0.39 is 0 Å². The molecule has 0 aliphatic heterocycles. The third-order valence-electron chi connectivity index (χ3n) is 3.97. The van der Waals surface area contributed by atoms with Gasteiger partial charge in [0, 0.05) is 30.4 Å². The zero-order valence-electron chi connectivity index (χ0n) is 13.6. The molecule has 3 N–H and O–H groups in total. The molecule has 2 rings (SSSR count). The fraction of sp³-hybridized carbons (Fsp3) is 0.529. The molecule has 0 saturated heterocycles. The molecule has 0 atom stereocenters. The van der Waals surface area contributed by atoms with Crippen LogP contribution < -0.4 is 16.0 Å². The molecule has 1 fully saturated rings. The summed E-state index contributed by atoms with van der Waals surface area (Å²) in [6.07, 6.45) is 6.91. The summed E-state index contributed by atoms with van der Waals surface area (Å²) in [6, 6.07) is 8.16. The molecular formula is C17H25N3O2S. The van der Waals surface area contributed by atoms with Gasteiger partial charge in [-0.15, -0.1) is 11.8 Å². The lowest BCUT2D eigenvalue weighted by molar-refractivity contribution is -0.121. The first kappa shape index (κ1) is 17.7. The number of urea groups is 1. The average Bonchev–Trinajstić information content (AvgIpc) is 3.06. The first-order valence-electron chi connectivity index (χ1n) is 8.11. The van der Waals surface area contributed by atoms with Crippen LogP contribution in [0, 0.1) is 0 Å². The van der Waals surface area contributed by atoms with Crippen molar-refractivity contribution in [3.8, 4) is 0 Å². The maximum atomic E-state index is 11.7. The van der Waals surface area contributed by atoms with Crippen molar-refractivity contribution in [3.05, 3.63) is 29.8 Å². The minimum absolute atomic E-state index is 0.0184. The number of thioether (sulfide) groups is 1. The maximum Gasteiger partial charge on any atom is 0.315 e. The minimum Gasteiger partial charge on any atom is -0.353 e. The summed E-state index contributed by atoms with van der Waals surface area (Å²) in [4.78, 5) is 24.6. The van der Waals surface area contributed by atoms with E-state index in [1.807, 2.05) is 30.5 Å². The largest absolute Gasteiger partial charge is 0.353 e. The summed E-state index contributed by atoms with van der Waals surface area (Å²) in [5, 5.41) is 8.52. The van der Waals surface area contributed by atoms with E-state index in [4.69, 9.17) is 0 Å². The quantitative estimate of drug-likeness (QED) is 0.671. The summed E-state index contributed by atoms with van der Waals surface area (Å²) in [5.74, 6) is 0.0184. The van der Waals surface area contributed by atoms with Crippen LogP contribution in [0.3, 0.4) is 0 Å². The van der Waals surface area contributed by atoms with Gasteiger partial charge in [0.2, 0.25) is 5.91 Å². The molecule has 0 aromatic heterocycles. The van der Waals surface area contributed by atoms with Crippen LogP contribution in [-0.2, 0) is 11.3 Å². The lowest BCUT2D eigenvalue weighted by Crippen LogP contribution is -2.39. The maximum absolute atomic E-state index is 11.7. The van der Waals surface area contributed by atoms with Gasteiger partial charge in [-0.2, -0.15) is 0 Å². The number of nitrogens with one attached hydrogen (secondary N) is 3. The van der Waals surface area contributed by atoms with Crippen molar-refractivity contribution in [2.45, 2.75) is 49.6 Å². The van der Waals surface area contributed by atoms with Crippen LogP contribution in [0.2, 0.25) is 0 Å². The lowest BCUT2D eigenvalue weighted by Gasteiger charge is -2.12. The Labute approximate surface area is 142 Å². The second kappa shape index (κ2) is 9.45. The first-order chi connectivity index (χ1) is 11.2. The van der Waals surface area contributed by atoms with Gasteiger partial charge in [-0.05, 0) is 36.8 Å². The van der Waals surface area contributed by atoms with Crippen LogP contribution in [0.1, 0.15) is 37.7 Å². The first-order valence-corrected chi connectivity index (χ1v) is 9.34. The van der Waals surface area contributed by atoms with Crippen molar-refractivity contribution in [2.24, 2.45) is 0 Å². The molecule has 0 radical (unpaired) electrons. The fourth-order valence-corrected chi connectivity index (χ4v) is 3.06. The Morgan fingerprint density at radius 2 is 1.83 bits per heavy atom. The fourth-order valence-electron chi connectivity index (χ4n) is 2.65. The summed E-state index contributed by atoms with van der Waals surface area (Å²) < 4.78 is 0. The van der Waals surface area contributed by atoms with Crippen LogP contribution in [0.4, 0.5) is 4.79 Å². The van der Waals surface area contributed by atoms with Gasteiger partial charge in [-0.1, -0.05) is 25.0 Å². The zero-order chi connectivity index (χ0) is 16.5. The highest BCUT2D eigenvalue weighted by atomic mass is 32.2. The molecule has 0 bridgehead atoms. The number of amides is 3. The van der Waals surface area contributed by atoms with Crippen LogP contribution in [0.25, 0.3) is 0 Å². The Bertz CT molecular complexity index is 513. The summed E-state index contributed by atoms with van der Waals surface area (Å²) >= 11 is 1.69. The number of benzene rings is 1. The second-order valence-corrected chi connectivity index (χ2v) is 6.64. The normalized spacial score (nSPS) is 14.5. The van der Waals surface area contributed by atoms with Gasteiger partial charge in [-0.3, -0.25) is 4.79 Å². The number of hydrogen-bond acceptors (Lipinski definition) is 3. The van der Waals surface area contributed by atoms with Crippen LogP contribution >= 0.6 is 11.8 Å². The molecule has 0 heterocycles. The molecule has 1 aliphatic rings. The van der Waals surface area contributed by atoms with Crippen molar-refractivity contribution >= 4 is 23.7 Å². The molecule has 126 valence electrons. The van der Waals surface area contributed by atoms with Crippen LogP contribution in [0.15, 0.2) is 29.2 Å². The highest BCUT2D eigenvalue weighted by Gasteiger charge is 2.16.